The Morgan fingerprint density at radius 2 is 1.28 bits per heavy atom. The molecule has 19 heteroatoms. The first-order chi connectivity index (χ1) is 33.5. The lowest BCUT2D eigenvalue weighted by Gasteiger charge is -2.32. The summed E-state index contributed by atoms with van der Waals surface area (Å²) in [5.41, 5.74) is 4.53. The molecule has 0 aliphatic carbocycles. The number of carbonyl (C=O) groups excluding carboxylic acids is 4. The van der Waals surface area contributed by atoms with Gasteiger partial charge < -0.3 is 29.9 Å². The van der Waals surface area contributed by atoms with E-state index in [0.29, 0.717) is 49.1 Å². The van der Waals surface area contributed by atoms with Crippen molar-refractivity contribution in [3.05, 3.63) is 137 Å². The Bertz CT molecular complexity index is 2980. The van der Waals surface area contributed by atoms with E-state index in [1.807, 2.05) is 84.9 Å². The van der Waals surface area contributed by atoms with Gasteiger partial charge in [0.05, 0.1) is 37.6 Å². The molecule has 0 saturated carbocycles. The minimum atomic E-state index is -1.00. The molecule has 5 heterocycles. The molecule has 6 aromatic rings. The van der Waals surface area contributed by atoms with Crippen molar-refractivity contribution in [1.29, 1.82) is 0 Å². The standard InChI is InChI=1S/C50H49N13O6/c1-34-44(53-48(65)46-54-57-63(56-46)31-38-14-8-5-9-15-38)50(67)59(3)41-29-36(19-21-43(41)69-34)17-11-23-61-26-24-60(25-27-61)22-10-16-35-18-20-42-40(28-35)58(2)49(66)39(32-68-42)52-47(64)45-51-33-62(55-45)30-37-12-6-4-7-13-37/h4-9,12-15,18-21,28-29,33-34,39,44H,22-27,30-32H2,1-3H3,(H,52,64)(H,53,65)/t34-,39+,44+/m1/s1. The van der Waals surface area contributed by atoms with Crippen molar-refractivity contribution in [2.75, 3.05) is 69.8 Å². The summed E-state index contributed by atoms with van der Waals surface area (Å²) >= 11 is 0. The third kappa shape index (κ3) is 10.9. The topological polar surface area (TPSA) is 198 Å². The Morgan fingerprint density at radius 1 is 0.696 bits per heavy atom. The third-order valence-corrected chi connectivity index (χ3v) is 11.9. The molecule has 3 aliphatic heterocycles. The van der Waals surface area contributed by atoms with Crippen molar-refractivity contribution in [1.82, 2.24) is 55.4 Å². The van der Waals surface area contributed by atoms with Crippen molar-refractivity contribution in [3.63, 3.8) is 0 Å². The van der Waals surface area contributed by atoms with Gasteiger partial charge in [-0.2, -0.15) is 4.80 Å². The Kier molecular flexibility index (Phi) is 13.7. The van der Waals surface area contributed by atoms with E-state index in [4.69, 9.17) is 9.47 Å². The molecular weight excluding hydrogens is 879 g/mol. The minimum absolute atomic E-state index is 0.0357. The number of amides is 4. The first kappa shape index (κ1) is 45.8. The van der Waals surface area contributed by atoms with Gasteiger partial charge in [-0.3, -0.25) is 29.0 Å². The van der Waals surface area contributed by atoms with E-state index in [9.17, 15) is 19.2 Å². The molecule has 1 fully saturated rings. The number of aromatic nitrogens is 7. The first-order valence-corrected chi connectivity index (χ1v) is 22.5. The third-order valence-electron chi connectivity index (χ3n) is 11.9. The largest absolute Gasteiger partial charge is 0.489 e. The van der Waals surface area contributed by atoms with Crippen LogP contribution in [-0.2, 0) is 22.7 Å². The zero-order chi connectivity index (χ0) is 47.9. The van der Waals surface area contributed by atoms with Crippen molar-refractivity contribution < 1.29 is 28.7 Å². The molecule has 69 heavy (non-hydrogen) atoms. The van der Waals surface area contributed by atoms with Gasteiger partial charge in [-0.05, 0) is 59.7 Å². The number of benzene rings is 4. The highest BCUT2D eigenvalue weighted by molar-refractivity contribution is 6.03. The van der Waals surface area contributed by atoms with Crippen LogP contribution in [0.2, 0.25) is 0 Å². The van der Waals surface area contributed by atoms with Gasteiger partial charge in [-0.15, -0.1) is 15.3 Å². The molecule has 0 bridgehead atoms. The normalized spacial score (nSPS) is 18.2. The number of piperazine rings is 1. The number of likely N-dealkylation sites (N-methyl/N-ethyl adjacent to an activating group) is 2. The van der Waals surface area contributed by atoms with Crippen LogP contribution in [0.25, 0.3) is 0 Å². The zero-order valence-corrected chi connectivity index (χ0v) is 38.3. The fourth-order valence-corrected chi connectivity index (χ4v) is 8.05. The average molecular weight is 928 g/mol. The van der Waals surface area contributed by atoms with Crippen LogP contribution in [0.4, 0.5) is 11.4 Å². The van der Waals surface area contributed by atoms with E-state index in [0.717, 1.165) is 48.4 Å². The molecule has 9 rings (SSSR count). The maximum Gasteiger partial charge on any atom is 0.293 e. The van der Waals surface area contributed by atoms with Gasteiger partial charge in [0.1, 0.15) is 42.6 Å². The van der Waals surface area contributed by atoms with E-state index in [-0.39, 0.29) is 30.1 Å². The molecule has 3 atom stereocenters. The Hall–Kier alpha value is -8.39. The molecule has 3 aliphatic rings. The molecule has 19 nitrogen and oxygen atoms in total. The van der Waals surface area contributed by atoms with Gasteiger partial charge in [-0.25, -0.2) is 9.67 Å². The molecule has 2 N–H and O–H groups in total. The summed E-state index contributed by atoms with van der Waals surface area (Å²) in [7, 11) is 3.29. The average Bonchev–Trinajstić information content (AvgIpc) is 4.01. The molecule has 0 unspecified atom stereocenters. The second kappa shape index (κ2) is 20.6. The lowest BCUT2D eigenvalue weighted by molar-refractivity contribution is -0.121. The highest BCUT2D eigenvalue weighted by Gasteiger charge is 2.37. The molecule has 2 aromatic heterocycles. The van der Waals surface area contributed by atoms with E-state index < -0.39 is 30.0 Å². The number of tetrazole rings is 1. The molecule has 1 saturated heterocycles. The monoisotopic (exact) mass is 927 g/mol. The van der Waals surface area contributed by atoms with Gasteiger partial charge >= 0.3 is 0 Å². The maximum absolute atomic E-state index is 13.7. The quantitative estimate of drug-likeness (QED) is 0.190. The number of anilines is 2. The summed E-state index contributed by atoms with van der Waals surface area (Å²) in [5.74, 6) is 12.0. The van der Waals surface area contributed by atoms with E-state index in [1.165, 1.54) is 20.9 Å². The summed E-state index contributed by atoms with van der Waals surface area (Å²) in [6.45, 7) is 6.91. The fourth-order valence-electron chi connectivity index (χ4n) is 8.05. The zero-order valence-electron chi connectivity index (χ0n) is 38.3. The summed E-state index contributed by atoms with van der Waals surface area (Å²) in [5, 5.41) is 21.9. The van der Waals surface area contributed by atoms with Gasteiger partial charge in [0, 0.05) is 51.4 Å². The van der Waals surface area contributed by atoms with Crippen LogP contribution in [-0.4, -0.2) is 147 Å². The van der Waals surface area contributed by atoms with Crippen LogP contribution in [0.5, 0.6) is 11.5 Å². The molecule has 0 spiro atoms. The smallest absolute Gasteiger partial charge is 0.293 e. The highest BCUT2D eigenvalue weighted by Crippen LogP contribution is 2.34. The SMILES string of the molecule is C[C@H]1Oc2ccc(C#CCN3CCN(CC#Cc4ccc5c(c4)N(C)C(=O)[C@@H](NC(=O)c4ncn(Cc6ccccc6)n4)CO5)CC3)cc2N(C)C(=O)[C@H]1NC(=O)c1nnn(Cc2ccccc2)n1. The number of fused-ring (bicyclic) bond motifs is 2. The molecule has 0 radical (unpaired) electrons. The summed E-state index contributed by atoms with van der Waals surface area (Å²) < 4.78 is 13.7. The summed E-state index contributed by atoms with van der Waals surface area (Å²) in [4.78, 5) is 66.4. The first-order valence-electron chi connectivity index (χ1n) is 22.5. The number of carbonyl (C=O) groups is 4. The van der Waals surface area contributed by atoms with Gasteiger partial charge in [0.2, 0.25) is 5.82 Å². The Morgan fingerprint density at radius 3 is 1.93 bits per heavy atom. The maximum atomic E-state index is 13.7. The minimum Gasteiger partial charge on any atom is -0.489 e. The van der Waals surface area contributed by atoms with Crippen LogP contribution in [0, 0.1) is 23.7 Å². The van der Waals surface area contributed by atoms with Crippen LogP contribution in [0.3, 0.4) is 0 Å². The van der Waals surface area contributed by atoms with Crippen LogP contribution >= 0.6 is 0 Å². The van der Waals surface area contributed by atoms with Crippen molar-refractivity contribution in [2.45, 2.75) is 38.2 Å². The Balaban J connectivity index is 0.731. The van der Waals surface area contributed by atoms with Crippen molar-refractivity contribution >= 4 is 35.0 Å². The van der Waals surface area contributed by atoms with Gasteiger partial charge in [-0.1, -0.05) is 84.3 Å². The second-order valence-electron chi connectivity index (χ2n) is 16.8. The van der Waals surface area contributed by atoms with Crippen LogP contribution in [0.1, 0.15) is 50.4 Å². The van der Waals surface area contributed by atoms with Gasteiger partial charge in [0.25, 0.3) is 29.5 Å². The van der Waals surface area contributed by atoms with Gasteiger partial charge in [0.15, 0.2) is 0 Å². The summed E-state index contributed by atoms with van der Waals surface area (Å²) in [6.07, 6.45) is 0.801. The fraction of sp³-hybridized carbons (Fsp3) is 0.300. The number of rotatable bonds is 10. The number of hydrogen-bond acceptors (Lipinski definition) is 13. The van der Waals surface area contributed by atoms with Crippen molar-refractivity contribution in [3.8, 4) is 35.2 Å². The van der Waals surface area contributed by atoms with E-state index in [2.05, 4.69) is 69.6 Å². The number of nitrogens with one attached hydrogen (secondary N) is 2. The molecule has 4 amide bonds. The van der Waals surface area contributed by atoms with Crippen molar-refractivity contribution in [2.24, 2.45) is 0 Å². The molecular formula is C50H49N13O6. The predicted molar refractivity (Wildman–Crippen MR) is 253 cm³/mol. The predicted octanol–water partition coefficient (Wildman–Crippen LogP) is 2.08. The summed E-state index contributed by atoms with van der Waals surface area (Å²) in [6, 6.07) is 28.3. The lowest BCUT2D eigenvalue weighted by Crippen LogP contribution is -2.53. The van der Waals surface area contributed by atoms with E-state index in [1.54, 1.807) is 37.8 Å². The number of nitrogens with zero attached hydrogens (tertiary/aromatic N) is 11. The van der Waals surface area contributed by atoms with Crippen LogP contribution in [0.15, 0.2) is 103 Å². The number of hydrogen-bond donors (Lipinski definition) is 2. The van der Waals surface area contributed by atoms with E-state index >= 15 is 0 Å². The highest BCUT2D eigenvalue weighted by atomic mass is 16.5. The second-order valence-corrected chi connectivity index (χ2v) is 16.8. The lowest BCUT2D eigenvalue weighted by atomic mass is 10.1. The number of ether oxygens (including phenoxy) is 2. The molecule has 350 valence electrons. The van der Waals surface area contributed by atoms with Crippen LogP contribution < -0.4 is 29.9 Å². The molecule has 4 aromatic carbocycles. The Labute approximate surface area is 398 Å².